The molecule has 1 aliphatic heterocycles. The average Bonchev–Trinajstić information content (AvgIpc) is 3.18. The number of rotatable bonds is 2. The minimum Gasteiger partial charge on any atom is -0.399 e. The van der Waals surface area contributed by atoms with Crippen molar-refractivity contribution in [3.63, 3.8) is 0 Å². The molecule has 1 heterocycles. The molecule has 0 radical (unpaired) electrons. The van der Waals surface area contributed by atoms with Crippen LogP contribution in [0.5, 0.6) is 0 Å². The minimum absolute atomic E-state index is 0.749. The van der Waals surface area contributed by atoms with E-state index in [1.165, 1.54) is 55.5 Å². The quantitative estimate of drug-likeness (QED) is 0.809. The van der Waals surface area contributed by atoms with Crippen LogP contribution in [0.1, 0.15) is 48.3 Å². The predicted molar refractivity (Wildman–Crippen MR) is 76.9 cm³/mol. The Hall–Kier alpha value is -1.02. The van der Waals surface area contributed by atoms with Crippen LogP contribution in [0.3, 0.4) is 0 Å². The van der Waals surface area contributed by atoms with E-state index >= 15 is 0 Å². The lowest BCUT2D eigenvalue weighted by atomic mass is 9.85. The summed E-state index contributed by atoms with van der Waals surface area (Å²) in [5.74, 6) is 0.749. The van der Waals surface area contributed by atoms with Gasteiger partial charge in [-0.3, -0.25) is 0 Å². The van der Waals surface area contributed by atoms with Gasteiger partial charge in [0, 0.05) is 11.7 Å². The van der Waals surface area contributed by atoms with Crippen LogP contribution in [-0.4, -0.2) is 24.0 Å². The first kappa shape index (κ1) is 12.0. The van der Waals surface area contributed by atoms with Crippen molar-refractivity contribution < 1.29 is 0 Å². The van der Waals surface area contributed by atoms with Crippen molar-refractivity contribution in [3.8, 4) is 0 Å². The van der Waals surface area contributed by atoms with E-state index in [0.29, 0.717) is 0 Å². The van der Waals surface area contributed by atoms with Gasteiger partial charge in [0.05, 0.1) is 0 Å². The number of anilines is 1. The fourth-order valence-corrected chi connectivity index (χ4v) is 3.32. The molecule has 0 amide bonds. The van der Waals surface area contributed by atoms with Crippen molar-refractivity contribution in [3.05, 3.63) is 28.8 Å². The monoisotopic (exact) mass is 244 g/mol. The molecule has 2 N–H and O–H groups in total. The zero-order valence-electron chi connectivity index (χ0n) is 11.6. The van der Waals surface area contributed by atoms with Gasteiger partial charge < -0.3 is 10.6 Å². The van der Waals surface area contributed by atoms with Crippen LogP contribution >= 0.6 is 0 Å². The second kappa shape index (κ2) is 4.58. The van der Waals surface area contributed by atoms with Gasteiger partial charge in [0.1, 0.15) is 0 Å². The van der Waals surface area contributed by atoms with Gasteiger partial charge in [0.25, 0.3) is 0 Å². The highest BCUT2D eigenvalue weighted by atomic mass is 15.2. The lowest BCUT2D eigenvalue weighted by molar-refractivity contribution is 0.203. The van der Waals surface area contributed by atoms with E-state index in [1.807, 2.05) is 0 Å². The highest BCUT2D eigenvalue weighted by Gasteiger charge is 2.32. The lowest BCUT2D eigenvalue weighted by Gasteiger charge is -2.33. The molecule has 1 saturated carbocycles. The molecule has 2 aliphatic rings. The van der Waals surface area contributed by atoms with Crippen LogP contribution in [0.15, 0.2) is 12.1 Å². The van der Waals surface area contributed by atoms with Gasteiger partial charge >= 0.3 is 0 Å². The van der Waals surface area contributed by atoms with Crippen molar-refractivity contribution in [2.24, 2.45) is 0 Å². The number of nitrogen functional groups attached to an aromatic ring is 1. The standard InChI is InChI=1S/C16H24N2/c1-11-10-16(17)12(2)9-15(11)13-5-7-18(8-6-13)14-3-4-14/h9-10,13-14H,3-8,17H2,1-2H3. The number of nitrogens with two attached hydrogens (primary N) is 1. The summed E-state index contributed by atoms with van der Waals surface area (Å²) in [5, 5.41) is 0. The normalized spacial score (nSPS) is 22.3. The first-order chi connectivity index (χ1) is 8.65. The molecular formula is C16H24N2. The zero-order valence-corrected chi connectivity index (χ0v) is 11.6. The Labute approximate surface area is 110 Å². The summed E-state index contributed by atoms with van der Waals surface area (Å²) in [6.45, 7) is 6.91. The molecule has 3 rings (SSSR count). The summed E-state index contributed by atoms with van der Waals surface area (Å²) in [5.41, 5.74) is 11.1. The Kier molecular flexibility index (Phi) is 3.06. The molecule has 0 bridgehead atoms. The van der Waals surface area contributed by atoms with E-state index in [2.05, 4.69) is 30.9 Å². The van der Waals surface area contributed by atoms with Crippen molar-refractivity contribution in [2.45, 2.75) is 51.5 Å². The maximum Gasteiger partial charge on any atom is 0.0346 e. The van der Waals surface area contributed by atoms with Gasteiger partial charge in [0.15, 0.2) is 0 Å². The van der Waals surface area contributed by atoms with Gasteiger partial charge in [-0.1, -0.05) is 6.07 Å². The Bertz CT molecular complexity index is 441. The van der Waals surface area contributed by atoms with Gasteiger partial charge in [0.2, 0.25) is 0 Å². The number of hydrogen-bond acceptors (Lipinski definition) is 2. The maximum atomic E-state index is 5.98. The van der Waals surface area contributed by atoms with Crippen molar-refractivity contribution >= 4 is 5.69 Å². The van der Waals surface area contributed by atoms with Gasteiger partial charge in [-0.2, -0.15) is 0 Å². The fourth-order valence-electron chi connectivity index (χ4n) is 3.32. The summed E-state index contributed by atoms with van der Waals surface area (Å²) >= 11 is 0. The summed E-state index contributed by atoms with van der Waals surface area (Å²) in [6.07, 6.45) is 5.51. The molecule has 0 atom stereocenters. The second-order valence-corrected chi connectivity index (χ2v) is 6.11. The summed E-state index contributed by atoms with van der Waals surface area (Å²) in [6, 6.07) is 5.40. The molecular weight excluding hydrogens is 220 g/mol. The van der Waals surface area contributed by atoms with E-state index in [9.17, 15) is 0 Å². The summed E-state index contributed by atoms with van der Waals surface area (Å²) in [4.78, 5) is 2.69. The fraction of sp³-hybridized carbons (Fsp3) is 0.625. The molecule has 1 aromatic rings. The zero-order chi connectivity index (χ0) is 12.7. The van der Waals surface area contributed by atoms with Crippen molar-refractivity contribution in [1.82, 2.24) is 4.90 Å². The molecule has 0 aromatic heterocycles. The third-order valence-electron chi connectivity index (χ3n) is 4.69. The number of nitrogens with zero attached hydrogens (tertiary/aromatic N) is 1. The third-order valence-corrected chi connectivity index (χ3v) is 4.69. The molecule has 0 unspecified atom stereocenters. The first-order valence-corrected chi connectivity index (χ1v) is 7.26. The molecule has 18 heavy (non-hydrogen) atoms. The first-order valence-electron chi connectivity index (χ1n) is 7.26. The molecule has 0 spiro atoms. The van der Waals surface area contributed by atoms with Crippen molar-refractivity contribution in [2.75, 3.05) is 18.8 Å². The topological polar surface area (TPSA) is 29.3 Å². The Balaban J connectivity index is 1.73. The van der Waals surface area contributed by atoms with Crippen molar-refractivity contribution in [1.29, 1.82) is 0 Å². The molecule has 2 nitrogen and oxygen atoms in total. The van der Waals surface area contributed by atoms with Gasteiger partial charge in [-0.25, -0.2) is 0 Å². The number of hydrogen-bond donors (Lipinski definition) is 1. The lowest BCUT2D eigenvalue weighted by Crippen LogP contribution is -2.34. The molecule has 2 heteroatoms. The third kappa shape index (κ3) is 2.26. The Morgan fingerprint density at radius 3 is 2.28 bits per heavy atom. The highest BCUT2D eigenvalue weighted by Crippen LogP contribution is 2.36. The van der Waals surface area contributed by atoms with Crippen LogP contribution in [0.2, 0.25) is 0 Å². The van der Waals surface area contributed by atoms with E-state index in [4.69, 9.17) is 5.73 Å². The van der Waals surface area contributed by atoms with E-state index in [-0.39, 0.29) is 0 Å². The second-order valence-electron chi connectivity index (χ2n) is 6.11. The number of likely N-dealkylation sites (tertiary alicyclic amines) is 1. The predicted octanol–water partition coefficient (Wildman–Crippen LogP) is 3.23. The molecule has 98 valence electrons. The van der Waals surface area contributed by atoms with E-state index in [0.717, 1.165) is 17.6 Å². The number of piperidine rings is 1. The smallest absolute Gasteiger partial charge is 0.0346 e. The number of benzene rings is 1. The maximum absolute atomic E-state index is 5.98. The highest BCUT2D eigenvalue weighted by molar-refractivity contribution is 5.52. The molecule has 1 aliphatic carbocycles. The van der Waals surface area contributed by atoms with Gasteiger partial charge in [-0.15, -0.1) is 0 Å². The SMILES string of the molecule is Cc1cc(C2CCN(C3CC3)CC2)c(C)cc1N. The summed E-state index contributed by atoms with van der Waals surface area (Å²) in [7, 11) is 0. The van der Waals surface area contributed by atoms with E-state index < -0.39 is 0 Å². The van der Waals surface area contributed by atoms with Crippen LogP contribution in [-0.2, 0) is 0 Å². The number of aryl methyl sites for hydroxylation is 2. The minimum atomic E-state index is 0.749. The van der Waals surface area contributed by atoms with Crippen LogP contribution in [0.4, 0.5) is 5.69 Å². The molecule has 2 fully saturated rings. The Morgan fingerprint density at radius 1 is 1.00 bits per heavy atom. The van der Waals surface area contributed by atoms with Crippen LogP contribution in [0, 0.1) is 13.8 Å². The summed E-state index contributed by atoms with van der Waals surface area (Å²) < 4.78 is 0. The Morgan fingerprint density at radius 2 is 1.67 bits per heavy atom. The largest absolute Gasteiger partial charge is 0.399 e. The average molecular weight is 244 g/mol. The van der Waals surface area contributed by atoms with E-state index in [1.54, 1.807) is 0 Å². The van der Waals surface area contributed by atoms with Crippen LogP contribution < -0.4 is 5.73 Å². The molecule has 1 saturated heterocycles. The van der Waals surface area contributed by atoms with Crippen LogP contribution in [0.25, 0.3) is 0 Å². The van der Waals surface area contributed by atoms with Gasteiger partial charge in [-0.05, 0) is 81.3 Å². The molecule has 1 aromatic carbocycles.